The van der Waals surface area contributed by atoms with Crippen molar-refractivity contribution >= 4 is 17.8 Å². The molecule has 4 amide bonds. The first kappa shape index (κ1) is 23.4. The molecule has 1 saturated heterocycles. The van der Waals surface area contributed by atoms with Gasteiger partial charge in [-0.25, -0.2) is 4.79 Å². The Morgan fingerprint density at radius 3 is 2.52 bits per heavy atom. The van der Waals surface area contributed by atoms with Crippen molar-refractivity contribution in [1.82, 2.24) is 15.1 Å². The number of hydrogen-bond acceptors (Lipinski definition) is 5. The Bertz CT molecular complexity index is 957. The summed E-state index contributed by atoms with van der Waals surface area (Å²) in [4.78, 5) is 42.5. The van der Waals surface area contributed by atoms with Gasteiger partial charge in [-0.05, 0) is 61.6 Å². The van der Waals surface area contributed by atoms with E-state index in [2.05, 4.69) is 26.1 Å². The molecule has 33 heavy (non-hydrogen) atoms. The highest BCUT2D eigenvalue weighted by molar-refractivity contribution is 6.09. The van der Waals surface area contributed by atoms with Gasteiger partial charge in [0.1, 0.15) is 23.6 Å². The summed E-state index contributed by atoms with van der Waals surface area (Å²) >= 11 is 0. The molecular weight excluding hydrogens is 422 g/mol. The second-order valence-corrected chi connectivity index (χ2v) is 10.7. The molecule has 0 bridgehead atoms. The van der Waals surface area contributed by atoms with E-state index in [0.29, 0.717) is 36.8 Å². The number of urea groups is 1. The predicted octanol–water partition coefficient (Wildman–Crippen LogP) is 3.33. The SMILES string of the molecule is COc1ccc(OC)c(CN(C(=O)CN2C(=O)NC3(CC(C)CC(C)(C)C3)C2=O)C2CC2)c1. The molecule has 2 aliphatic carbocycles. The van der Waals surface area contributed by atoms with Gasteiger partial charge in [0.05, 0.1) is 14.2 Å². The fourth-order valence-electron chi connectivity index (χ4n) is 5.87. The van der Waals surface area contributed by atoms with Gasteiger partial charge in [-0.3, -0.25) is 14.5 Å². The van der Waals surface area contributed by atoms with Gasteiger partial charge < -0.3 is 19.7 Å². The van der Waals surface area contributed by atoms with Crippen LogP contribution in [0.25, 0.3) is 0 Å². The number of carbonyl (C=O) groups is 3. The number of amides is 4. The van der Waals surface area contributed by atoms with Crippen LogP contribution in [0.1, 0.15) is 58.4 Å². The van der Waals surface area contributed by atoms with Crippen LogP contribution in [-0.4, -0.2) is 60.0 Å². The molecule has 1 aliphatic heterocycles. The second-order valence-electron chi connectivity index (χ2n) is 10.7. The highest BCUT2D eigenvalue weighted by Crippen LogP contribution is 2.46. The number of carbonyl (C=O) groups excluding carboxylic acids is 3. The average molecular weight is 458 g/mol. The van der Waals surface area contributed by atoms with Gasteiger partial charge in [0.2, 0.25) is 5.91 Å². The molecule has 1 spiro atoms. The number of hydrogen-bond donors (Lipinski definition) is 1. The Morgan fingerprint density at radius 1 is 1.18 bits per heavy atom. The number of nitrogens with zero attached hydrogens (tertiary/aromatic N) is 2. The molecule has 8 nitrogen and oxygen atoms in total. The second kappa shape index (κ2) is 8.54. The summed E-state index contributed by atoms with van der Waals surface area (Å²) in [5.74, 6) is 1.17. The number of nitrogens with one attached hydrogen (secondary N) is 1. The van der Waals surface area contributed by atoms with Crippen molar-refractivity contribution in [2.75, 3.05) is 20.8 Å². The Kier molecular flexibility index (Phi) is 6.05. The van der Waals surface area contributed by atoms with E-state index < -0.39 is 11.6 Å². The van der Waals surface area contributed by atoms with E-state index in [1.165, 1.54) is 0 Å². The zero-order chi connectivity index (χ0) is 24.0. The van der Waals surface area contributed by atoms with Gasteiger partial charge in [0.15, 0.2) is 0 Å². The lowest BCUT2D eigenvalue weighted by Crippen LogP contribution is -2.54. The molecule has 3 aliphatic rings. The van der Waals surface area contributed by atoms with Crippen LogP contribution in [0.2, 0.25) is 0 Å². The van der Waals surface area contributed by atoms with Gasteiger partial charge in [-0.2, -0.15) is 0 Å². The van der Waals surface area contributed by atoms with Crippen LogP contribution >= 0.6 is 0 Å². The molecule has 1 aromatic rings. The van der Waals surface area contributed by atoms with Crippen LogP contribution in [0.15, 0.2) is 18.2 Å². The highest BCUT2D eigenvalue weighted by Gasteiger charge is 2.56. The van der Waals surface area contributed by atoms with Crippen LogP contribution < -0.4 is 14.8 Å². The van der Waals surface area contributed by atoms with E-state index >= 15 is 0 Å². The van der Waals surface area contributed by atoms with Gasteiger partial charge in [-0.15, -0.1) is 0 Å². The quantitative estimate of drug-likeness (QED) is 0.635. The summed E-state index contributed by atoms with van der Waals surface area (Å²) in [6.45, 7) is 6.47. The van der Waals surface area contributed by atoms with Crippen LogP contribution in [0.4, 0.5) is 4.79 Å². The Balaban J connectivity index is 1.52. The zero-order valence-electron chi connectivity index (χ0n) is 20.3. The Morgan fingerprint density at radius 2 is 1.91 bits per heavy atom. The van der Waals surface area contributed by atoms with Crippen molar-refractivity contribution in [2.45, 2.75) is 71.0 Å². The van der Waals surface area contributed by atoms with Crippen molar-refractivity contribution in [1.29, 1.82) is 0 Å². The van der Waals surface area contributed by atoms with Gasteiger partial charge in [0.25, 0.3) is 5.91 Å². The minimum absolute atomic E-state index is 0.0520. The lowest BCUT2D eigenvalue weighted by molar-refractivity contribution is -0.141. The number of benzene rings is 1. The molecule has 3 fully saturated rings. The summed E-state index contributed by atoms with van der Waals surface area (Å²) in [6, 6.07) is 5.13. The van der Waals surface area contributed by atoms with E-state index in [0.717, 1.165) is 29.7 Å². The van der Waals surface area contributed by atoms with E-state index in [1.807, 2.05) is 18.2 Å². The number of ether oxygens (including phenoxy) is 2. The van der Waals surface area contributed by atoms with Crippen molar-refractivity contribution < 1.29 is 23.9 Å². The molecule has 180 valence electrons. The fourth-order valence-corrected chi connectivity index (χ4v) is 5.87. The fraction of sp³-hybridized carbons (Fsp3) is 0.640. The smallest absolute Gasteiger partial charge is 0.325 e. The van der Waals surface area contributed by atoms with E-state index in [-0.39, 0.29) is 29.8 Å². The third-order valence-corrected chi connectivity index (χ3v) is 7.05. The third-order valence-electron chi connectivity index (χ3n) is 7.05. The summed E-state index contributed by atoms with van der Waals surface area (Å²) in [5, 5.41) is 2.96. The molecule has 0 radical (unpaired) electrons. The number of methoxy groups -OCH3 is 2. The lowest BCUT2D eigenvalue weighted by atomic mass is 9.64. The summed E-state index contributed by atoms with van der Waals surface area (Å²) in [6.07, 6.45) is 4.03. The van der Waals surface area contributed by atoms with E-state index in [4.69, 9.17) is 9.47 Å². The molecule has 1 aromatic carbocycles. The maximum atomic E-state index is 13.4. The number of rotatable bonds is 7. The first-order chi connectivity index (χ1) is 15.6. The standard InChI is InChI=1S/C25H35N3O5/c1-16-11-24(2,3)15-25(12-16)22(30)28(23(31)26-25)14-21(29)27(18-6-7-18)13-17-10-19(32-4)8-9-20(17)33-5/h8-10,16,18H,6-7,11-15H2,1-5H3,(H,26,31). The van der Waals surface area contributed by atoms with Crippen LogP contribution in [0, 0.1) is 11.3 Å². The normalized spacial score (nSPS) is 26.3. The van der Waals surface area contributed by atoms with Crippen LogP contribution in [0.3, 0.4) is 0 Å². The van der Waals surface area contributed by atoms with Crippen molar-refractivity contribution in [3.05, 3.63) is 23.8 Å². The first-order valence-corrected chi connectivity index (χ1v) is 11.7. The lowest BCUT2D eigenvalue weighted by Gasteiger charge is -2.43. The van der Waals surface area contributed by atoms with Crippen molar-refractivity contribution in [2.24, 2.45) is 11.3 Å². The van der Waals surface area contributed by atoms with Crippen molar-refractivity contribution in [3.63, 3.8) is 0 Å². The topological polar surface area (TPSA) is 88.2 Å². The van der Waals surface area contributed by atoms with E-state index in [1.54, 1.807) is 19.1 Å². The van der Waals surface area contributed by atoms with Gasteiger partial charge >= 0.3 is 6.03 Å². The first-order valence-electron chi connectivity index (χ1n) is 11.7. The maximum Gasteiger partial charge on any atom is 0.325 e. The zero-order valence-corrected chi connectivity index (χ0v) is 20.3. The molecule has 2 saturated carbocycles. The minimum atomic E-state index is -0.904. The summed E-state index contributed by atoms with van der Waals surface area (Å²) in [7, 11) is 3.18. The minimum Gasteiger partial charge on any atom is -0.497 e. The predicted molar refractivity (Wildman–Crippen MR) is 123 cm³/mol. The third kappa shape index (κ3) is 4.66. The molecule has 8 heteroatoms. The molecule has 1 N–H and O–H groups in total. The largest absolute Gasteiger partial charge is 0.497 e. The molecule has 0 aromatic heterocycles. The van der Waals surface area contributed by atoms with Gasteiger partial charge in [0, 0.05) is 18.2 Å². The molecule has 2 atom stereocenters. The number of imide groups is 1. The highest BCUT2D eigenvalue weighted by atomic mass is 16.5. The summed E-state index contributed by atoms with van der Waals surface area (Å²) < 4.78 is 10.8. The summed E-state index contributed by atoms with van der Waals surface area (Å²) in [5.41, 5.74) is -0.128. The monoisotopic (exact) mass is 457 g/mol. The molecular formula is C25H35N3O5. The van der Waals surface area contributed by atoms with Gasteiger partial charge in [-0.1, -0.05) is 20.8 Å². The Hall–Kier alpha value is -2.77. The average Bonchev–Trinajstić information content (AvgIpc) is 3.55. The Labute approximate surface area is 195 Å². The molecule has 2 unspecified atom stereocenters. The van der Waals surface area contributed by atoms with Crippen molar-refractivity contribution in [3.8, 4) is 11.5 Å². The molecule has 4 rings (SSSR count). The van der Waals surface area contributed by atoms with E-state index in [9.17, 15) is 14.4 Å². The van der Waals surface area contributed by atoms with Crippen LogP contribution in [-0.2, 0) is 16.1 Å². The van der Waals surface area contributed by atoms with Crippen LogP contribution in [0.5, 0.6) is 11.5 Å². The maximum absolute atomic E-state index is 13.4. The molecule has 1 heterocycles.